The summed E-state index contributed by atoms with van der Waals surface area (Å²) in [7, 11) is 3.94. The van der Waals surface area contributed by atoms with Crippen LogP contribution in [0.5, 0.6) is 5.75 Å². The number of hydrogen-bond donors (Lipinski definition) is 1. The lowest BCUT2D eigenvalue weighted by Crippen LogP contribution is -2.43. The van der Waals surface area contributed by atoms with Gasteiger partial charge in [-0.05, 0) is 52.6 Å². The largest absolute Gasteiger partial charge is 0.494 e. The molecule has 0 aliphatic rings. The fourth-order valence-corrected chi connectivity index (χ4v) is 1.59. The van der Waals surface area contributed by atoms with Crippen molar-refractivity contribution in [2.75, 3.05) is 20.7 Å². The smallest absolute Gasteiger partial charge is 0.119 e. The molecule has 1 unspecified atom stereocenters. The summed E-state index contributed by atoms with van der Waals surface area (Å²) >= 11 is 0. The molecule has 0 amide bonds. The molecule has 17 heavy (non-hydrogen) atoms. The molecule has 0 radical (unpaired) electrons. The van der Waals surface area contributed by atoms with E-state index in [2.05, 4.69) is 0 Å². The van der Waals surface area contributed by atoms with E-state index in [9.17, 15) is 5.11 Å². The summed E-state index contributed by atoms with van der Waals surface area (Å²) in [5.74, 6) is 0.804. The first-order valence-corrected chi connectivity index (χ1v) is 5.97. The molecule has 0 aliphatic heterocycles. The number of likely N-dealkylation sites (N-methyl/N-ethyl adjacent to an activating group) is 1. The standard InChI is InChI=1S/C14H23NO2/c1-6-17-12-9-7-8-11(10-12)13(16)14(2,3)15(4)5/h7-10,13,16H,6H2,1-5H3. The van der Waals surface area contributed by atoms with Gasteiger partial charge in [-0.1, -0.05) is 12.1 Å². The zero-order valence-corrected chi connectivity index (χ0v) is 11.4. The van der Waals surface area contributed by atoms with Crippen molar-refractivity contribution in [2.45, 2.75) is 32.4 Å². The van der Waals surface area contributed by atoms with Gasteiger partial charge >= 0.3 is 0 Å². The molecule has 0 heterocycles. The summed E-state index contributed by atoms with van der Waals surface area (Å²) in [6, 6.07) is 7.65. The molecule has 0 aliphatic carbocycles. The van der Waals surface area contributed by atoms with Crippen LogP contribution >= 0.6 is 0 Å². The van der Waals surface area contributed by atoms with Gasteiger partial charge in [0.05, 0.1) is 12.7 Å². The second kappa shape index (κ2) is 5.52. The van der Waals surface area contributed by atoms with Gasteiger partial charge in [0.2, 0.25) is 0 Å². The van der Waals surface area contributed by atoms with Crippen molar-refractivity contribution < 1.29 is 9.84 Å². The number of nitrogens with zero attached hydrogens (tertiary/aromatic N) is 1. The third kappa shape index (κ3) is 3.20. The second-order valence-corrected chi connectivity index (χ2v) is 4.96. The first-order valence-electron chi connectivity index (χ1n) is 5.97. The van der Waals surface area contributed by atoms with E-state index in [1.54, 1.807) is 0 Å². The maximum Gasteiger partial charge on any atom is 0.119 e. The Hall–Kier alpha value is -1.06. The average molecular weight is 237 g/mol. The fourth-order valence-electron chi connectivity index (χ4n) is 1.59. The Morgan fingerprint density at radius 3 is 2.53 bits per heavy atom. The predicted octanol–water partition coefficient (Wildman–Crippen LogP) is 2.46. The summed E-state index contributed by atoms with van der Waals surface area (Å²) in [4.78, 5) is 2.02. The lowest BCUT2D eigenvalue weighted by atomic mass is 9.90. The van der Waals surface area contributed by atoms with E-state index >= 15 is 0 Å². The van der Waals surface area contributed by atoms with E-state index in [4.69, 9.17) is 4.74 Å². The van der Waals surface area contributed by atoms with Crippen molar-refractivity contribution in [3.63, 3.8) is 0 Å². The molecule has 0 saturated heterocycles. The Bertz CT molecular complexity index is 361. The molecule has 0 bridgehead atoms. The highest BCUT2D eigenvalue weighted by atomic mass is 16.5. The number of benzene rings is 1. The first-order chi connectivity index (χ1) is 7.89. The minimum absolute atomic E-state index is 0.315. The van der Waals surface area contributed by atoms with Gasteiger partial charge in [-0.2, -0.15) is 0 Å². The van der Waals surface area contributed by atoms with E-state index in [0.29, 0.717) is 6.61 Å². The van der Waals surface area contributed by atoms with Crippen LogP contribution in [0.15, 0.2) is 24.3 Å². The van der Waals surface area contributed by atoms with Crippen molar-refractivity contribution in [1.29, 1.82) is 0 Å². The number of hydrogen-bond acceptors (Lipinski definition) is 3. The number of aliphatic hydroxyl groups excluding tert-OH is 1. The summed E-state index contributed by atoms with van der Waals surface area (Å²) in [6.07, 6.45) is -0.544. The molecule has 1 rings (SSSR count). The monoisotopic (exact) mass is 237 g/mol. The zero-order chi connectivity index (χ0) is 13.1. The van der Waals surface area contributed by atoms with Crippen molar-refractivity contribution in [3.8, 4) is 5.75 Å². The molecule has 1 N–H and O–H groups in total. The fraction of sp³-hybridized carbons (Fsp3) is 0.571. The van der Waals surface area contributed by atoms with Crippen LogP contribution in [0.1, 0.15) is 32.4 Å². The van der Waals surface area contributed by atoms with Gasteiger partial charge in [-0.25, -0.2) is 0 Å². The van der Waals surface area contributed by atoms with Crippen LogP contribution < -0.4 is 4.74 Å². The number of aliphatic hydroxyl groups is 1. The van der Waals surface area contributed by atoms with Gasteiger partial charge in [-0.3, -0.25) is 0 Å². The van der Waals surface area contributed by atoms with Gasteiger partial charge in [0.25, 0.3) is 0 Å². The van der Waals surface area contributed by atoms with Crippen molar-refractivity contribution in [3.05, 3.63) is 29.8 Å². The Morgan fingerprint density at radius 1 is 1.35 bits per heavy atom. The van der Waals surface area contributed by atoms with E-state index in [1.165, 1.54) is 0 Å². The van der Waals surface area contributed by atoms with Crippen LogP contribution in [0, 0.1) is 0 Å². The van der Waals surface area contributed by atoms with E-state index < -0.39 is 6.10 Å². The minimum atomic E-state index is -0.544. The Balaban J connectivity index is 2.96. The van der Waals surface area contributed by atoms with Gasteiger partial charge in [-0.15, -0.1) is 0 Å². The maximum atomic E-state index is 10.4. The van der Waals surface area contributed by atoms with E-state index in [0.717, 1.165) is 11.3 Å². The van der Waals surface area contributed by atoms with Crippen LogP contribution in [-0.4, -0.2) is 36.2 Å². The van der Waals surface area contributed by atoms with Crippen LogP contribution in [-0.2, 0) is 0 Å². The Morgan fingerprint density at radius 2 is 2.00 bits per heavy atom. The molecule has 1 aromatic carbocycles. The Kier molecular flexibility index (Phi) is 4.54. The number of rotatable bonds is 5. The molecule has 0 saturated carbocycles. The first kappa shape index (κ1) is 14.0. The van der Waals surface area contributed by atoms with Crippen LogP contribution in [0.4, 0.5) is 0 Å². The third-order valence-corrected chi connectivity index (χ3v) is 3.31. The lowest BCUT2D eigenvalue weighted by Gasteiger charge is -2.37. The summed E-state index contributed by atoms with van der Waals surface area (Å²) < 4.78 is 5.45. The molecule has 0 fully saturated rings. The lowest BCUT2D eigenvalue weighted by molar-refractivity contribution is 0.0163. The van der Waals surface area contributed by atoms with Gasteiger partial charge < -0.3 is 14.7 Å². The van der Waals surface area contributed by atoms with Crippen LogP contribution in [0.2, 0.25) is 0 Å². The molecular formula is C14H23NO2. The molecule has 3 heteroatoms. The van der Waals surface area contributed by atoms with Gasteiger partial charge in [0, 0.05) is 5.54 Å². The zero-order valence-electron chi connectivity index (χ0n) is 11.4. The molecule has 0 spiro atoms. The molecule has 0 aromatic heterocycles. The average Bonchev–Trinajstić information content (AvgIpc) is 2.28. The van der Waals surface area contributed by atoms with Gasteiger partial charge in [0.1, 0.15) is 5.75 Å². The predicted molar refractivity (Wildman–Crippen MR) is 70.3 cm³/mol. The van der Waals surface area contributed by atoms with Crippen molar-refractivity contribution in [2.24, 2.45) is 0 Å². The van der Waals surface area contributed by atoms with Gasteiger partial charge in [0.15, 0.2) is 0 Å². The van der Waals surface area contributed by atoms with Crippen molar-refractivity contribution in [1.82, 2.24) is 4.90 Å². The van der Waals surface area contributed by atoms with E-state index in [-0.39, 0.29) is 5.54 Å². The highest BCUT2D eigenvalue weighted by Gasteiger charge is 2.31. The minimum Gasteiger partial charge on any atom is -0.494 e. The highest BCUT2D eigenvalue weighted by molar-refractivity contribution is 5.31. The Labute approximate surface area is 104 Å². The third-order valence-electron chi connectivity index (χ3n) is 3.31. The maximum absolute atomic E-state index is 10.4. The normalized spacial score (nSPS) is 13.8. The van der Waals surface area contributed by atoms with E-state index in [1.807, 2.05) is 64.0 Å². The molecule has 1 atom stereocenters. The second-order valence-electron chi connectivity index (χ2n) is 4.96. The number of ether oxygens (including phenoxy) is 1. The summed E-state index contributed by atoms with van der Waals surface area (Å²) in [5.41, 5.74) is 0.569. The quantitative estimate of drug-likeness (QED) is 0.854. The highest BCUT2D eigenvalue weighted by Crippen LogP contribution is 2.30. The van der Waals surface area contributed by atoms with Crippen LogP contribution in [0.3, 0.4) is 0 Å². The molecule has 3 nitrogen and oxygen atoms in total. The summed E-state index contributed by atoms with van der Waals surface area (Å²) in [6.45, 7) is 6.62. The molecular weight excluding hydrogens is 214 g/mol. The topological polar surface area (TPSA) is 32.7 Å². The SMILES string of the molecule is CCOc1cccc(C(O)C(C)(C)N(C)C)c1. The summed E-state index contributed by atoms with van der Waals surface area (Å²) in [5, 5.41) is 10.4. The van der Waals surface area contributed by atoms with Crippen LogP contribution in [0.25, 0.3) is 0 Å². The molecule has 96 valence electrons. The van der Waals surface area contributed by atoms with Crippen molar-refractivity contribution >= 4 is 0 Å². The molecule has 1 aromatic rings.